The molecular weight excluding hydrogens is 1390 g/mol. The van der Waals surface area contributed by atoms with Crippen LogP contribution in [-0.4, -0.2) is 16.0 Å². The Hall–Kier alpha value is -5.78. The number of hydrogen-bond acceptors (Lipinski definition) is 0. The third-order valence-corrected chi connectivity index (χ3v) is 39.8. The first kappa shape index (κ1) is 71.0. The quantitative estimate of drug-likeness (QED) is 0.115. The molecule has 0 bridgehead atoms. The fraction of sp³-hybridized carbons (Fsp3) is 0.250. The molecular formula is C48H18F36LiSb. The van der Waals surface area contributed by atoms with E-state index in [9.17, 15) is 0 Å². The summed E-state index contributed by atoms with van der Waals surface area (Å²) in [6.45, 7) is 0. The summed E-state index contributed by atoms with van der Waals surface area (Å²) >= 11 is -13.6. The molecule has 6 rings (SSSR count). The SMILES string of the molecule is FC(F)(F)c1cc(C(F)(F)F)c[c]([Sb-]([c]2cc(C(F)(F)F)cc(C(F)(F)F)c2)([c]2cc(C(F)(F)F)cc(C(F)(F)F)c2)([c]2cc(C(F)(F)F)cc(C(F)(F)F)c2)([c]2cc(C(F)(F)F)cc(C(F)(F)F)c2)[c]2cc(C(F)(F)F)cc(C(F)(F)F)c2)c1.[Li+]. The number of benzene rings is 6. The molecule has 6 aromatic rings. The van der Waals surface area contributed by atoms with Gasteiger partial charge in [0.25, 0.3) is 0 Å². The second kappa shape index (κ2) is 20.6. The van der Waals surface area contributed by atoms with Gasteiger partial charge in [0, 0.05) is 0 Å². The van der Waals surface area contributed by atoms with Crippen LogP contribution in [0.5, 0.6) is 0 Å². The van der Waals surface area contributed by atoms with Gasteiger partial charge < -0.3 is 0 Å². The van der Waals surface area contributed by atoms with Gasteiger partial charge in [-0.3, -0.25) is 0 Å². The number of hydrogen-bond donors (Lipinski definition) is 0. The Kier molecular flexibility index (Phi) is 17.0. The Balaban J connectivity index is 0.0000135. The Morgan fingerprint density at radius 3 is 0.267 bits per heavy atom. The van der Waals surface area contributed by atoms with Gasteiger partial charge in [0.15, 0.2) is 0 Å². The van der Waals surface area contributed by atoms with E-state index >= 15 is 158 Å². The molecule has 468 valence electrons. The van der Waals surface area contributed by atoms with Crippen LogP contribution in [0.1, 0.15) is 66.8 Å². The minimum Gasteiger partial charge on any atom is 1.00 e. The van der Waals surface area contributed by atoms with E-state index in [4.69, 9.17) is 0 Å². The van der Waals surface area contributed by atoms with Crippen LogP contribution in [0.25, 0.3) is 0 Å². The fourth-order valence-corrected chi connectivity index (χ4v) is 38.4. The van der Waals surface area contributed by atoms with Crippen molar-refractivity contribution in [2.45, 2.75) is 74.1 Å². The van der Waals surface area contributed by atoms with Crippen molar-refractivity contribution in [3.8, 4) is 0 Å². The minimum absolute atomic E-state index is 0. The van der Waals surface area contributed by atoms with Crippen LogP contribution in [-0.2, 0) is 74.1 Å². The maximum absolute atomic E-state index is 15.6. The van der Waals surface area contributed by atoms with Gasteiger partial charge in [-0.05, 0) is 0 Å². The van der Waals surface area contributed by atoms with Crippen molar-refractivity contribution < 1.29 is 177 Å². The van der Waals surface area contributed by atoms with Crippen LogP contribution in [0.15, 0.2) is 109 Å². The van der Waals surface area contributed by atoms with Gasteiger partial charge in [-0.1, -0.05) is 0 Å². The van der Waals surface area contributed by atoms with Gasteiger partial charge in [-0.25, -0.2) is 0 Å². The molecule has 0 saturated carbocycles. The fourth-order valence-electron chi connectivity index (χ4n) is 9.80. The molecule has 0 unspecified atom stereocenters. The summed E-state index contributed by atoms with van der Waals surface area (Å²) < 4.78 is 538. The summed E-state index contributed by atoms with van der Waals surface area (Å²) in [6.07, 6.45) is -84.4. The molecule has 0 spiro atoms. The molecule has 0 amide bonds. The van der Waals surface area contributed by atoms with Crippen LogP contribution in [0.3, 0.4) is 0 Å². The van der Waals surface area contributed by atoms with Crippen molar-refractivity contribution >= 4 is 37.1 Å². The molecule has 0 aliphatic carbocycles. The summed E-state index contributed by atoms with van der Waals surface area (Å²) in [7, 11) is 0. The number of rotatable bonds is 6. The van der Waals surface area contributed by atoms with Gasteiger partial charge in [0.2, 0.25) is 0 Å². The molecule has 0 N–H and O–H groups in total. The molecule has 0 heterocycles. The molecule has 0 radical (unpaired) electrons. The molecule has 0 aromatic heterocycles. The van der Waals surface area contributed by atoms with Crippen molar-refractivity contribution in [2.75, 3.05) is 0 Å². The van der Waals surface area contributed by atoms with E-state index in [1.54, 1.807) is 0 Å². The van der Waals surface area contributed by atoms with E-state index in [0.717, 1.165) is 0 Å². The second-order valence-electron chi connectivity index (χ2n) is 18.3. The molecule has 0 aliphatic heterocycles. The summed E-state index contributed by atoms with van der Waals surface area (Å²) in [4.78, 5) is 0. The summed E-state index contributed by atoms with van der Waals surface area (Å²) in [5.41, 5.74) is -42.9. The number of halogens is 36. The van der Waals surface area contributed by atoms with E-state index in [1.807, 2.05) is 0 Å². The Morgan fingerprint density at radius 2 is 0.209 bits per heavy atom. The zero-order valence-corrected chi connectivity index (χ0v) is 43.0. The normalized spacial score (nSPS) is 15.1. The Bertz CT molecular complexity index is 2770. The Morgan fingerprint density at radius 1 is 0.140 bits per heavy atom. The molecule has 0 aliphatic rings. The van der Waals surface area contributed by atoms with E-state index < -0.39 is 287 Å². The van der Waals surface area contributed by atoms with Crippen molar-refractivity contribution in [1.82, 2.24) is 0 Å². The first-order valence-electron chi connectivity index (χ1n) is 21.5. The topological polar surface area (TPSA) is 0 Å². The minimum atomic E-state index is -13.6. The monoisotopic (exact) mass is 1410 g/mol. The molecule has 0 fully saturated rings. The van der Waals surface area contributed by atoms with Crippen LogP contribution < -0.4 is 39.9 Å². The van der Waals surface area contributed by atoms with E-state index in [0.29, 0.717) is 0 Å². The molecule has 0 saturated heterocycles. The molecule has 6 aromatic carbocycles. The zero-order valence-electron chi connectivity index (χ0n) is 40.4. The smallest absolute Gasteiger partial charge is 1.00 e. The van der Waals surface area contributed by atoms with Crippen molar-refractivity contribution in [2.24, 2.45) is 0 Å². The van der Waals surface area contributed by atoms with E-state index in [1.165, 1.54) is 0 Å². The largest absolute Gasteiger partial charge is 1.00 e. The van der Waals surface area contributed by atoms with Crippen molar-refractivity contribution in [3.63, 3.8) is 0 Å². The Labute approximate surface area is 462 Å². The first-order valence-corrected chi connectivity index (χ1v) is 29.2. The number of alkyl halides is 36. The average Bonchev–Trinajstić information content (AvgIpc) is 0.607. The molecule has 0 nitrogen and oxygen atoms in total. The zero-order chi connectivity index (χ0) is 65.5. The molecule has 86 heavy (non-hydrogen) atoms. The standard InChI is InChI=1S/6C8H3F6.Li.Sb/c6*9-7(10,11)5-2-1-3-6(4-5)8(12,13)14;;/h6*2-4H;;/q;;;;;;+1;-1. The second-order valence-corrected chi connectivity index (χ2v) is 36.7. The predicted octanol–water partition coefficient (Wildman–Crippen LogP) is 14.0. The van der Waals surface area contributed by atoms with E-state index in [-0.39, 0.29) is 18.9 Å². The predicted molar refractivity (Wildman–Crippen MR) is 222 cm³/mol. The van der Waals surface area contributed by atoms with Crippen LogP contribution in [0, 0.1) is 0 Å². The summed E-state index contributed by atoms with van der Waals surface area (Å²) in [6, 6.07) is -27.8. The average molecular weight is 1410 g/mol. The van der Waals surface area contributed by atoms with Crippen molar-refractivity contribution in [1.29, 1.82) is 0 Å². The van der Waals surface area contributed by atoms with Crippen LogP contribution >= 0.6 is 0 Å². The molecule has 38 heteroatoms. The van der Waals surface area contributed by atoms with Crippen LogP contribution in [0.4, 0.5) is 158 Å². The van der Waals surface area contributed by atoms with Gasteiger partial charge in [-0.2, -0.15) is 0 Å². The first-order chi connectivity index (χ1) is 37.6. The maximum Gasteiger partial charge on any atom is 1.00 e. The summed E-state index contributed by atoms with van der Waals surface area (Å²) in [5.74, 6) is 0. The van der Waals surface area contributed by atoms with Crippen LogP contribution in [0.2, 0.25) is 0 Å². The van der Waals surface area contributed by atoms with Gasteiger partial charge in [0.1, 0.15) is 0 Å². The third kappa shape index (κ3) is 11.9. The van der Waals surface area contributed by atoms with Gasteiger partial charge >= 0.3 is 464 Å². The van der Waals surface area contributed by atoms with Gasteiger partial charge in [0.05, 0.1) is 0 Å². The van der Waals surface area contributed by atoms with E-state index in [2.05, 4.69) is 0 Å². The maximum atomic E-state index is 15.6. The summed E-state index contributed by atoms with van der Waals surface area (Å²) in [5, 5.41) is 0. The third-order valence-electron chi connectivity index (χ3n) is 13.3. The van der Waals surface area contributed by atoms with Crippen molar-refractivity contribution in [3.05, 3.63) is 176 Å². The molecule has 0 atom stereocenters. The van der Waals surface area contributed by atoms with Gasteiger partial charge in [-0.15, -0.1) is 0 Å².